The van der Waals surface area contributed by atoms with Gasteiger partial charge in [-0.15, -0.1) is 0 Å². The molecule has 0 saturated heterocycles. The van der Waals surface area contributed by atoms with Gasteiger partial charge < -0.3 is 5.73 Å². The van der Waals surface area contributed by atoms with E-state index in [-0.39, 0.29) is 0 Å². The molecule has 0 aliphatic heterocycles. The van der Waals surface area contributed by atoms with Crippen LogP contribution in [0.15, 0.2) is 28.1 Å². The molecule has 1 nitrogen and oxygen atoms in total. The summed E-state index contributed by atoms with van der Waals surface area (Å²) < 4.78 is 0. The number of halogens is 1. The molecule has 0 bridgehead atoms. The molecule has 2 heteroatoms. The predicted molar refractivity (Wildman–Crippen MR) is 64.0 cm³/mol. The molecule has 0 fully saturated rings. The monoisotopic (exact) mass is 213 g/mol. The zero-order valence-electron chi connectivity index (χ0n) is 9.69. The minimum Gasteiger partial charge on any atom is -0.396 e. The molecule has 0 saturated carbocycles. The highest BCUT2D eigenvalue weighted by molar-refractivity contribution is 6.31. The van der Waals surface area contributed by atoms with E-state index in [1.54, 1.807) is 13.0 Å². The first-order chi connectivity index (χ1) is 6.36. The molecular formula is C12H20ClN. The zero-order valence-corrected chi connectivity index (χ0v) is 10.4. The van der Waals surface area contributed by atoms with Crippen LogP contribution in [0.1, 0.15) is 34.6 Å². The third kappa shape index (κ3) is 4.55. The summed E-state index contributed by atoms with van der Waals surface area (Å²) >= 11 is 6.17. The smallest absolute Gasteiger partial charge is 0.0481 e. The van der Waals surface area contributed by atoms with E-state index < -0.39 is 0 Å². The molecule has 0 spiro atoms. The van der Waals surface area contributed by atoms with Crippen LogP contribution >= 0.6 is 11.6 Å². The van der Waals surface area contributed by atoms with Crippen LogP contribution in [0.2, 0.25) is 0 Å². The van der Waals surface area contributed by atoms with Crippen molar-refractivity contribution < 1.29 is 0 Å². The summed E-state index contributed by atoms with van der Waals surface area (Å²) in [6.07, 6.45) is 1.76. The van der Waals surface area contributed by atoms with Crippen molar-refractivity contribution in [3.63, 3.8) is 0 Å². The van der Waals surface area contributed by atoms with E-state index in [4.69, 9.17) is 17.3 Å². The Morgan fingerprint density at radius 1 is 1.21 bits per heavy atom. The molecule has 0 unspecified atom stereocenters. The Morgan fingerprint density at radius 3 is 1.93 bits per heavy atom. The summed E-state index contributed by atoms with van der Waals surface area (Å²) in [4.78, 5) is 0. The van der Waals surface area contributed by atoms with Gasteiger partial charge in [0.1, 0.15) is 0 Å². The number of nitrogens with two attached hydrogens (primary N) is 1. The van der Waals surface area contributed by atoms with Gasteiger partial charge in [0.25, 0.3) is 0 Å². The molecule has 0 amide bonds. The van der Waals surface area contributed by atoms with Crippen molar-refractivity contribution in [3.8, 4) is 0 Å². The molecule has 0 aliphatic rings. The molecule has 80 valence electrons. The summed E-state index contributed by atoms with van der Waals surface area (Å²) in [5, 5.41) is 0.764. The lowest BCUT2D eigenvalue weighted by molar-refractivity contribution is 0.623. The van der Waals surface area contributed by atoms with Crippen molar-refractivity contribution in [2.24, 2.45) is 17.6 Å². The lowest BCUT2D eigenvalue weighted by Crippen LogP contribution is -2.03. The molecule has 0 aromatic heterocycles. The average molecular weight is 214 g/mol. The second-order valence-corrected chi connectivity index (χ2v) is 4.49. The third-order valence-corrected chi connectivity index (χ3v) is 2.27. The van der Waals surface area contributed by atoms with Gasteiger partial charge in [0.15, 0.2) is 0 Å². The molecule has 0 heterocycles. The molecule has 0 aromatic carbocycles. The van der Waals surface area contributed by atoms with E-state index in [1.165, 1.54) is 5.57 Å². The molecule has 0 rings (SSSR count). The third-order valence-electron chi connectivity index (χ3n) is 1.95. The highest BCUT2D eigenvalue weighted by atomic mass is 35.5. The second-order valence-electron chi connectivity index (χ2n) is 4.08. The van der Waals surface area contributed by atoms with Crippen LogP contribution in [0, 0.1) is 11.8 Å². The largest absolute Gasteiger partial charge is 0.396 e. The summed E-state index contributed by atoms with van der Waals surface area (Å²) in [6, 6.07) is 0. The minimum atomic E-state index is 0.457. The maximum Gasteiger partial charge on any atom is 0.0481 e. The van der Waals surface area contributed by atoms with Crippen molar-refractivity contribution in [2.75, 3.05) is 0 Å². The van der Waals surface area contributed by atoms with Gasteiger partial charge in [-0.1, -0.05) is 45.0 Å². The normalized spacial score (nSPS) is 10.0. The van der Waals surface area contributed by atoms with Crippen LogP contribution in [0.5, 0.6) is 0 Å². The van der Waals surface area contributed by atoms with Crippen LogP contribution < -0.4 is 5.73 Å². The van der Waals surface area contributed by atoms with Crippen molar-refractivity contribution in [1.82, 2.24) is 0 Å². The molecule has 0 aromatic rings. The van der Waals surface area contributed by atoms with Crippen LogP contribution in [-0.4, -0.2) is 0 Å². The lowest BCUT2D eigenvalue weighted by atomic mass is 9.92. The van der Waals surface area contributed by atoms with Crippen molar-refractivity contribution in [2.45, 2.75) is 34.6 Å². The first-order valence-electron chi connectivity index (χ1n) is 4.94. The topological polar surface area (TPSA) is 26.0 Å². The average Bonchev–Trinajstić information content (AvgIpc) is 1.99. The molecular weight excluding hydrogens is 194 g/mol. The van der Waals surface area contributed by atoms with Crippen molar-refractivity contribution >= 4 is 11.6 Å². The maximum atomic E-state index is 6.17. The fourth-order valence-corrected chi connectivity index (χ4v) is 1.97. The quantitative estimate of drug-likeness (QED) is 0.560. The van der Waals surface area contributed by atoms with Crippen LogP contribution in [-0.2, 0) is 0 Å². The Kier molecular flexibility index (Phi) is 5.68. The van der Waals surface area contributed by atoms with E-state index in [2.05, 4.69) is 33.4 Å². The molecule has 0 aliphatic carbocycles. The number of hydrogen-bond acceptors (Lipinski definition) is 1. The Morgan fingerprint density at radius 2 is 1.64 bits per heavy atom. The first-order valence-corrected chi connectivity index (χ1v) is 5.32. The lowest BCUT2D eigenvalue weighted by Gasteiger charge is -2.16. The Labute approximate surface area is 92.3 Å². The van der Waals surface area contributed by atoms with Gasteiger partial charge in [0.05, 0.1) is 0 Å². The van der Waals surface area contributed by atoms with E-state index >= 15 is 0 Å². The molecule has 2 N–H and O–H groups in total. The van der Waals surface area contributed by atoms with Gasteiger partial charge in [-0.2, -0.15) is 0 Å². The van der Waals surface area contributed by atoms with Gasteiger partial charge >= 0.3 is 0 Å². The summed E-state index contributed by atoms with van der Waals surface area (Å²) in [6.45, 7) is 10.4. The van der Waals surface area contributed by atoms with E-state index in [1.807, 2.05) is 0 Å². The minimum absolute atomic E-state index is 0.457. The number of rotatable bonds is 3. The Hall–Kier alpha value is -0.650. The highest BCUT2D eigenvalue weighted by Gasteiger charge is 2.11. The number of allylic oxidation sites excluding steroid dienone is 3. The molecule has 0 atom stereocenters. The van der Waals surface area contributed by atoms with Crippen LogP contribution in [0.4, 0.5) is 0 Å². The maximum absolute atomic E-state index is 6.17. The fourth-order valence-electron chi connectivity index (χ4n) is 1.48. The first kappa shape index (κ1) is 13.4. The van der Waals surface area contributed by atoms with Crippen molar-refractivity contribution in [1.29, 1.82) is 0 Å². The van der Waals surface area contributed by atoms with Gasteiger partial charge in [-0.3, -0.25) is 0 Å². The Balaban J connectivity index is 5.12. The van der Waals surface area contributed by atoms with Crippen molar-refractivity contribution in [3.05, 3.63) is 28.1 Å². The van der Waals surface area contributed by atoms with Gasteiger partial charge in [-0.25, -0.2) is 0 Å². The zero-order chi connectivity index (χ0) is 11.3. The van der Waals surface area contributed by atoms with E-state index in [9.17, 15) is 0 Å². The van der Waals surface area contributed by atoms with Gasteiger partial charge in [-0.05, 0) is 24.3 Å². The summed E-state index contributed by atoms with van der Waals surface area (Å²) in [7, 11) is 0. The molecule has 14 heavy (non-hydrogen) atoms. The van der Waals surface area contributed by atoms with E-state index in [0.717, 1.165) is 5.03 Å². The fraction of sp³-hybridized carbons (Fsp3) is 0.583. The standard InChI is InChI=1S/C12H20ClN/c1-8(2)12(9(3)4)11(13)7-6-10(5)14/h7-9H,14H2,1-5H3. The highest BCUT2D eigenvalue weighted by Crippen LogP contribution is 2.26. The summed E-state index contributed by atoms with van der Waals surface area (Å²) in [5.41, 5.74) is 10.3. The van der Waals surface area contributed by atoms with Gasteiger partial charge in [0.2, 0.25) is 0 Å². The van der Waals surface area contributed by atoms with Crippen LogP contribution in [0.3, 0.4) is 0 Å². The number of hydrogen-bond donors (Lipinski definition) is 1. The van der Waals surface area contributed by atoms with Gasteiger partial charge in [0, 0.05) is 16.8 Å². The second kappa shape index (κ2) is 5.95. The predicted octanol–water partition coefficient (Wildman–Crippen LogP) is 3.81. The summed E-state index contributed by atoms with van der Waals surface area (Å²) in [5.74, 6) is 0.914. The SMILES string of the molecule is CC(N)=C=CC(Cl)=C(C(C)C)C(C)C. The molecule has 0 radical (unpaired) electrons. The Bertz CT molecular complexity index is 265. The van der Waals surface area contributed by atoms with E-state index in [0.29, 0.717) is 17.5 Å². The van der Waals surface area contributed by atoms with Crippen LogP contribution in [0.25, 0.3) is 0 Å².